The molecule has 1 heterocycles. The Labute approximate surface area is 130 Å². The van der Waals surface area contributed by atoms with Crippen LogP contribution in [0, 0.1) is 12.7 Å². The van der Waals surface area contributed by atoms with Gasteiger partial charge in [0.25, 0.3) is 0 Å². The van der Waals surface area contributed by atoms with E-state index in [9.17, 15) is 4.39 Å². The Hall–Kier alpha value is -2.43. The number of pyridine rings is 1. The normalized spacial score (nSPS) is 11.3. The molecule has 2 N–H and O–H groups in total. The number of aromatic nitrogens is 1. The molecule has 0 spiro atoms. The first-order valence-corrected chi connectivity index (χ1v) is 7.29. The van der Waals surface area contributed by atoms with E-state index in [1.54, 1.807) is 19.2 Å². The molecule has 0 aliphatic carbocycles. The third-order valence-electron chi connectivity index (χ3n) is 3.20. The van der Waals surface area contributed by atoms with Gasteiger partial charge in [0.15, 0.2) is 5.96 Å². The molecule has 0 amide bonds. The largest absolute Gasteiger partial charge is 0.356 e. The Kier molecular flexibility index (Phi) is 5.89. The minimum Gasteiger partial charge on any atom is -0.356 e. The summed E-state index contributed by atoms with van der Waals surface area (Å²) in [6, 6.07) is 12.6. The zero-order valence-electron chi connectivity index (χ0n) is 12.9. The van der Waals surface area contributed by atoms with Gasteiger partial charge >= 0.3 is 0 Å². The van der Waals surface area contributed by atoms with E-state index in [1.807, 2.05) is 31.2 Å². The number of halogens is 1. The summed E-state index contributed by atoms with van der Waals surface area (Å²) < 4.78 is 13.1. The Bertz CT molecular complexity index is 640. The summed E-state index contributed by atoms with van der Waals surface area (Å²) in [5.74, 6) is 0.505. The second-order valence-corrected chi connectivity index (χ2v) is 5.00. The van der Waals surface area contributed by atoms with Gasteiger partial charge in [-0.15, -0.1) is 0 Å². The summed E-state index contributed by atoms with van der Waals surface area (Å²) in [4.78, 5) is 8.60. The van der Waals surface area contributed by atoms with Crippen LogP contribution in [0.2, 0.25) is 0 Å². The van der Waals surface area contributed by atoms with Crippen molar-refractivity contribution in [2.75, 3.05) is 13.6 Å². The molecule has 5 heteroatoms. The fraction of sp³-hybridized carbons (Fsp3) is 0.294. The number of hydrogen-bond donors (Lipinski definition) is 2. The van der Waals surface area contributed by atoms with Crippen LogP contribution in [0.3, 0.4) is 0 Å². The first-order valence-electron chi connectivity index (χ1n) is 7.29. The molecule has 0 atom stereocenters. The predicted octanol–water partition coefficient (Wildman–Crippen LogP) is 2.44. The van der Waals surface area contributed by atoms with E-state index >= 15 is 0 Å². The Morgan fingerprint density at radius 3 is 2.73 bits per heavy atom. The number of aryl methyl sites for hydroxylation is 1. The van der Waals surface area contributed by atoms with Gasteiger partial charge in [0.05, 0.1) is 12.2 Å². The molecule has 0 aliphatic rings. The topological polar surface area (TPSA) is 49.3 Å². The summed E-state index contributed by atoms with van der Waals surface area (Å²) >= 11 is 0. The van der Waals surface area contributed by atoms with Crippen molar-refractivity contribution in [2.45, 2.75) is 19.9 Å². The van der Waals surface area contributed by atoms with Crippen LogP contribution in [0.4, 0.5) is 4.39 Å². The van der Waals surface area contributed by atoms with Gasteiger partial charge in [-0.25, -0.2) is 4.39 Å². The lowest BCUT2D eigenvalue weighted by Gasteiger charge is -2.12. The summed E-state index contributed by atoms with van der Waals surface area (Å²) in [5, 5.41) is 6.42. The Morgan fingerprint density at radius 2 is 2.00 bits per heavy atom. The first kappa shape index (κ1) is 15.9. The van der Waals surface area contributed by atoms with Gasteiger partial charge in [-0.2, -0.15) is 0 Å². The lowest BCUT2D eigenvalue weighted by Crippen LogP contribution is -2.38. The quantitative estimate of drug-likeness (QED) is 0.658. The third-order valence-corrected chi connectivity index (χ3v) is 3.20. The van der Waals surface area contributed by atoms with Crippen LogP contribution in [0.5, 0.6) is 0 Å². The van der Waals surface area contributed by atoms with Crippen LogP contribution >= 0.6 is 0 Å². The maximum Gasteiger partial charge on any atom is 0.191 e. The molecule has 0 radical (unpaired) electrons. The molecule has 0 unspecified atom stereocenters. The van der Waals surface area contributed by atoms with Gasteiger partial charge in [0, 0.05) is 19.3 Å². The number of aliphatic imine (C=N–C) groups is 1. The molecule has 1 aromatic heterocycles. The maximum absolute atomic E-state index is 13.1. The highest BCUT2D eigenvalue weighted by molar-refractivity contribution is 5.79. The lowest BCUT2D eigenvalue weighted by molar-refractivity contribution is 0.625. The van der Waals surface area contributed by atoms with Gasteiger partial charge in [-0.1, -0.05) is 18.2 Å². The van der Waals surface area contributed by atoms with Gasteiger partial charge in [0.1, 0.15) is 5.82 Å². The molecule has 116 valence electrons. The number of nitrogens with zero attached hydrogens (tertiary/aromatic N) is 2. The number of hydrogen-bond acceptors (Lipinski definition) is 2. The SMILES string of the molecule is CN=C(NCCc1cccc(F)c1)NCc1cccc(C)n1. The fourth-order valence-electron chi connectivity index (χ4n) is 2.11. The highest BCUT2D eigenvalue weighted by Gasteiger charge is 2.00. The number of rotatable bonds is 5. The fourth-order valence-corrected chi connectivity index (χ4v) is 2.11. The van der Waals surface area contributed by atoms with Crippen molar-refractivity contribution < 1.29 is 4.39 Å². The smallest absolute Gasteiger partial charge is 0.191 e. The summed E-state index contributed by atoms with van der Waals surface area (Å²) in [6.45, 7) is 3.27. The van der Waals surface area contributed by atoms with Crippen LogP contribution in [0.25, 0.3) is 0 Å². The highest BCUT2D eigenvalue weighted by Crippen LogP contribution is 2.03. The third kappa shape index (κ3) is 5.16. The molecule has 22 heavy (non-hydrogen) atoms. The number of nitrogens with one attached hydrogen (secondary N) is 2. The van der Waals surface area contributed by atoms with Gasteiger partial charge in [-0.05, 0) is 43.2 Å². The molecule has 2 aromatic rings. The summed E-state index contributed by atoms with van der Waals surface area (Å²) in [7, 11) is 1.72. The van der Waals surface area contributed by atoms with E-state index in [1.165, 1.54) is 6.07 Å². The predicted molar refractivity (Wildman–Crippen MR) is 87.3 cm³/mol. The van der Waals surface area contributed by atoms with E-state index in [0.717, 1.165) is 23.4 Å². The number of guanidine groups is 1. The molecule has 0 saturated heterocycles. The minimum absolute atomic E-state index is 0.203. The molecule has 1 aromatic carbocycles. The van der Waals surface area contributed by atoms with E-state index in [4.69, 9.17) is 0 Å². The van der Waals surface area contributed by atoms with Crippen molar-refractivity contribution in [2.24, 2.45) is 4.99 Å². The molecule has 0 bridgehead atoms. The van der Waals surface area contributed by atoms with Crippen molar-refractivity contribution in [3.05, 3.63) is 65.2 Å². The van der Waals surface area contributed by atoms with Crippen molar-refractivity contribution in [3.63, 3.8) is 0 Å². The molecule has 0 fully saturated rings. The van der Waals surface area contributed by atoms with Gasteiger partial charge in [-0.3, -0.25) is 9.98 Å². The van der Waals surface area contributed by atoms with Crippen molar-refractivity contribution in [1.29, 1.82) is 0 Å². The van der Waals surface area contributed by atoms with Crippen molar-refractivity contribution in [3.8, 4) is 0 Å². The Morgan fingerprint density at radius 1 is 1.18 bits per heavy atom. The van der Waals surface area contributed by atoms with Gasteiger partial charge < -0.3 is 10.6 Å². The highest BCUT2D eigenvalue weighted by atomic mass is 19.1. The number of benzene rings is 1. The van der Waals surface area contributed by atoms with E-state index < -0.39 is 0 Å². The lowest BCUT2D eigenvalue weighted by atomic mass is 10.1. The molecular formula is C17H21FN4. The molecule has 0 saturated carbocycles. The second kappa shape index (κ2) is 8.12. The molecule has 4 nitrogen and oxygen atoms in total. The van der Waals surface area contributed by atoms with Gasteiger partial charge in [0.2, 0.25) is 0 Å². The minimum atomic E-state index is -0.203. The average Bonchev–Trinajstić information content (AvgIpc) is 2.51. The van der Waals surface area contributed by atoms with Crippen molar-refractivity contribution >= 4 is 5.96 Å². The Balaban J connectivity index is 1.78. The zero-order chi connectivity index (χ0) is 15.8. The zero-order valence-corrected chi connectivity index (χ0v) is 12.9. The van der Waals surface area contributed by atoms with Crippen LogP contribution in [-0.4, -0.2) is 24.5 Å². The average molecular weight is 300 g/mol. The van der Waals surface area contributed by atoms with E-state index in [-0.39, 0.29) is 5.82 Å². The summed E-state index contributed by atoms with van der Waals surface area (Å²) in [5.41, 5.74) is 2.92. The van der Waals surface area contributed by atoms with Crippen LogP contribution in [0.15, 0.2) is 47.5 Å². The molecule has 0 aliphatic heterocycles. The van der Waals surface area contributed by atoms with E-state index in [0.29, 0.717) is 19.0 Å². The standard InChI is InChI=1S/C17H21FN4/c1-13-5-3-8-16(22-13)12-21-17(19-2)20-10-9-14-6-4-7-15(18)11-14/h3-8,11H,9-10,12H2,1-2H3,(H2,19,20,21). The maximum atomic E-state index is 13.1. The van der Waals surface area contributed by atoms with Crippen LogP contribution < -0.4 is 10.6 Å². The first-order chi connectivity index (χ1) is 10.7. The second-order valence-electron chi connectivity index (χ2n) is 5.00. The molecular weight excluding hydrogens is 279 g/mol. The van der Waals surface area contributed by atoms with Crippen LogP contribution in [-0.2, 0) is 13.0 Å². The van der Waals surface area contributed by atoms with Crippen molar-refractivity contribution in [1.82, 2.24) is 15.6 Å². The monoisotopic (exact) mass is 300 g/mol. The van der Waals surface area contributed by atoms with Crippen LogP contribution in [0.1, 0.15) is 17.0 Å². The molecule has 2 rings (SSSR count). The summed E-state index contributed by atoms with van der Waals surface area (Å²) in [6.07, 6.45) is 0.737. The van der Waals surface area contributed by atoms with E-state index in [2.05, 4.69) is 20.6 Å².